The van der Waals surface area contributed by atoms with Crippen LogP contribution in [0.3, 0.4) is 0 Å². The molecular formula is C12H13NO3S. The normalized spacial score (nSPS) is 13.0. The van der Waals surface area contributed by atoms with Gasteiger partial charge in [-0.25, -0.2) is 4.79 Å². The molecule has 1 rings (SSSR count). The molecule has 5 heteroatoms. The van der Waals surface area contributed by atoms with Crippen molar-refractivity contribution in [3.8, 4) is 0 Å². The van der Waals surface area contributed by atoms with Crippen LogP contribution in [0, 0.1) is 0 Å². The number of hydrogen-bond acceptors (Lipinski definition) is 3. The molecule has 0 bridgehead atoms. The molecule has 1 atom stereocenters. The maximum Gasteiger partial charge on any atom is 0.331 e. The third-order valence-electron chi connectivity index (χ3n) is 1.91. The second-order valence-corrected chi connectivity index (χ2v) is 4.16. The number of amides is 1. The molecule has 0 aliphatic heterocycles. The van der Waals surface area contributed by atoms with Crippen molar-refractivity contribution in [1.82, 2.24) is 5.32 Å². The fourth-order valence-corrected chi connectivity index (χ4v) is 1.92. The second-order valence-electron chi connectivity index (χ2n) is 3.18. The summed E-state index contributed by atoms with van der Waals surface area (Å²) in [5, 5.41) is 13.2. The Kier molecular flexibility index (Phi) is 5.16. The standard InChI is InChI=1S/C12H13NO3S/c1-2-3-4-7-10(14)13-11(12(15)16)9-6-5-8-17-9/h2-8,11H,1H3,(H,13,14)(H,15,16). The predicted octanol–water partition coefficient (Wildman–Crippen LogP) is 2.12. The fourth-order valence-electron chi connectivity index (χ4n) is 1.15. The summed E-state index contributed by atoms with van der Waals surface area (Å²) in [5.41, 5.74) is 0. The first-order chi connectivity index (χ1) is 8.15. The van der Waals surface area contributed by atoms with Crippen molar-refractivity contribution in [3.63, 3.8) is 0 Å². The van der Waals surface area contributed by atoms with Crippen LogP contribution in [0.1, 0.15) is 17.8 Å². The Labute approximate surface area is 103 Å². The number of thiophene rings is 1. The SMILES string of the molecule is CC=CC=CC(=O)NC(C(=O)O)c1cccs1. The van der Waals surface area contributed by atoms with E-state index in [1.165, 1.54) is 17.4 Å². The lowest BCUT2D eigenvalue weighted by molar-refractivity contribution is -0.141. The van der Waals surface area contributed by atoms with Gasteiger partial charge in [0.05, 0.1) is 0 Å². The Bertz CT molecular complexity index is 435. The van der Waals surface area contributed by atoms with E-state index < -0.39 is 17.9 Å². The van der Waals surface area contributed by atoms with Crippen LogP contribution in [0.2, 0.25) is 0 Å². The zero-order chi connectivity index (χ0) is 12.7. The smallest absolute Gasteiger partial charge is 0.331 e. The summed E-state index contributed by atoms with van der Waals surface area (Å²) in [4.78, 5) is 23.1. The van der Waals surface area contributed by atoms with Gasteiger partial charge in [-0.05, 0) is 18.4 Å². The average molecular weight is 251 g/mol. The second kappa shape index (κ2) is 6.65. The van der Waals surface area contributed by atoms with Crippen LogP contribution >= 0.6 is 11.3 Å². The molecule has 0 aliphatic carbocycles. The number of nitrogens with one attached hydrogen (secondary N) is 1. The maximum absolute atomic E-state index is 11.4. The van der Waals surface area contributed by atoms with Crippen LogP contribution in [0.5, 0.6) is 0 Å². The molecule has 2 N–H and O–H groups in total. The molecule has 1 amide bonds. The summed E-state index contributed by atoms with van der Waals surface area (Å²) in [5.74, 6) is -1.50. The maximum atomic E-state index is 11.4. The quantitative estimate of drug-likeness (QED) is 0.622. The Morgan fingerprint density at radius 3 is 2.76 bits per heavy atom. The number of rotatable bonds is 5. The Morgan fingerprint density at radius 1 is 1.47 bits per heavy atom. The molecule has 1 heterocycles. The lowest BCUT2D eigenvalue weighted by Gasteiger charge is -2.10. The Morgan fingerprint density at radius 2 is 2.24 bits per heavy atom. The van der Waals surface area contributed by atoms with Gasteiger partial charge in [0, 0.05) is 11.0 Å². The van der Waals surface area contributed by atoms with Crippen molar-refractivity contribution in [2.24, 2.45) is 0 Å². The van der Waals surface area contributed by atoms with E-state index in [0.29, 0.717) is 4.88 Å². The van der Waals surface area contributed by atoms with Gasteiger partial charge >= 0.3 is 5.97 Å². The van der Waals surface area contributed by atoms with Crippen LogP contribution < -0.4 is 5.32 Å². The third-order valence-corrected chi connectivity index (χ3v) is 2.85. The summed E-state index contributed by atoms with van der Waals surface area (Å²) >= 11 is 1.30. The number of carboxylic acids is 1. The highest BCUT2D eigenvalue weighted by molar-refractivity contribution is 7.10. The molecule has 0 saturated heterocycles. The zero-order valence-corrected chi connectivity index (χ0v) is 10.1. The lowest BCUT2D eigenvalue weighted by atomic mass is 10.2. The van der Waals surface area contributed by atoms with E-state index in [4.69, 9.17) is 5.11 Å². The fraction of sp³-hybridized carbons (Fsp3) is 0.167. The molecule has 0 saturated carbocycles. The topological polar surface area (TPSA) is 66.4 Å². The van der Waals surface area contributed by atoms with E-state index in [0.717, 1.165) is 0 Å². The van der Waals surface area contributed by atoms with Crippen molar-refractivity contribution in [2.45, 2.75) is 13.0 Å². The van der Waals surface area contributed by atoms with E-state index in [1.807, 2.05) is 6.92 Å². The Balaban J connectivity index is 2.69. The van der Waals surface area contributed by atoms with Crippen molar-refractivity contribution in [3.05, 3.63) is 46.7 Å². The molecule has 90 valence electrons. The summed E-state index contributed by atoms with van der Waals surface area (Å²) in [6.07, 6.45) is 6.32. The van der Waals surface area contributed by atoms with Gasteiger partial charge < -0.3 is 10.4 Å². The van der Waals surface area contributed by atoms with Crippen LogP contribution in [-0.4, -0.2) is 17.0 Å². The number of carboxylic acid groups (broad SMARTS) is 1. The molecule has 4 nitrogen and oxygen atoms in total. The van der Waals surface area contributed by atoms with Crippen molar-refractivity contribution in [1.29, 1.82) is 0 Å². The van der Waals surface area contributed by atoms with Gasteiger partial charge in [-0.15, -0.1) is 11.3 Å². The first kappa shape index (κ1) is 13.2. The number of aliphatic carboxylic acids is 1. The number of hydrogen-bond donors (Lipinski definition) is 2. The van der Waals surface area contributed by atoms with E-state index in [1.54, 1.807) is 35.7 Å². The molecule has 0 aromatic carbocycles. The minimum Gasteiger partial charge on any atom is -0.479 e. The predicted molar refractivity (Wildman–Crippen MR) is 66.8 cm³/mol. The molecule has 0 aliphatic rings. The molecule has 0 fully saturated rings. The van der Waals surface area contributed by atoms with E-state index in [-0.39, 0.29) is 0 Å². The number of carbonyl (C=O) groups is 2. The van der Waals surface area contributed by atoms with Crippen molar-refractivity contribution < 1.29 is 14.7 Å². The lowest BCUT2D eigenvalue weighted by Crippen LogP contribution is -2.31. The van der Waals surface area contributed by atoms with Gasteiger partial charge in [0.1, 0.15) is 0 Å². The highest BCUT2D eigenvalue weighted by atomic mass is 32.1. The first-order valence-corrected chi connectivity index (χ1v) is 5.89. The summed E-state index contributed by atoms with van der Waals surface area (Å²) in [6.45, 7) is 1.83. The van der Waals surface area contributed by atoms with Gasteiger partial charge in [-0.3, -0.25) is 4.79 Å². The monoisotopic (exact) mass is 251 g/mol. The number of allylic oxidation sites excluding steroid dienone is 3. The highest BCUT2D eigenvalue weighted by Crippen LogP contribution is 2.18. The summed E-state index contributed by atoms with van der Waals surface area (Å²) in [7, 11) is 0. The van der Waals surface area contributed by atoms with Crippen molar-refractivity contribution >= 4 is 23.2 Å². The van der Waals surface area contributed by atoms with Gasteiger partial charge in [0.15, 0.2) is 6.04 Å². The van der Waals surface area contributed by atoms with E-state index in [9.17, 15) is 9.59 Å². The largest absolute Gasteiger partial charge is 0.479 e. The van der Waals surface area contributed by atoms with Gasteiger partial charge in [-0.2, -0.15) is 0 Å². The minimum atomic E-state index is -1.07. The molecule has 1 aromatic rings. The van der Waals surface area contributed by atoms with Gasteiger partial charge in [0.25, 0.3) is 0 Å². The number of carbonyl (C=O) groups excluding carboxylic acids is 1. The van der Waals surface area contributed by atoms with E-state index in [2.05, 4.69) is 5.32 Å². The zero-order valence-electron chi connectivity index (χ0n) is 9.29. The Hall–Kier alpha value is -1.88. The minimum absolute atomic E-state index is 0.427. The molecule has 1 unspecified atom stereocenters. The average Bonchev–Trinajstić information content (AvgIpc) is 2.79. The molecular weight excluding hydrogens is 238 g/mol. The summed E-state index contributed by atoms with van der Waals surface area (Å²) in [6, 6.07) is 2.44. The van der Waals surface area contributed by atoms with Crippen LogP contribution in [0.4, 0.5) is 0 Å². The molecule has 1 aromatic heterocycles. The molecule has 17 heavy (non-hydrogen) atoms. The van der Waals surface area contributed by atoms with Gasteiger partial charge in [0.2, 0.25) is 5.91 Å². The van der Waals surface area contributed by atoms with Crippen LogP contribution in [0.25, 0.3) is 0 Å². The molecule has 0 spiro atoms. The van der Waals surface area contributed by atoms with Gasteiger partial charge in [-0.1, -0.05) is 24.3 Å². The summed E-state index contributed by atoms with van der Waals surface area (Å²) < 4.78 is 0. The first-order valence-electron chi connectivity index (χ1n) is 5.01. The highest BCUT2D eigenvalue weighted by Gasteiger charge is 2.21. The third kappa shape index (κ3) is 4.24. The molecule has 0 radical (unpaired) electrons. The van der Waals surface area contributed by atoms with Crippen LogP contribution in [-0.2, 0) is 9.59 Å². The van der Waals surface area contributed by atoms with Crippen molar-refractivity contribution in [2.75, 3.05) is 0 Å². The van der Waals surface area contributed by atoms with E-state index >= 15 is 0 Å². The van der Waals surface area contributed by atoms with Crippen LogP contribution in [0.15, 0.2) is 41.8 Å².